The topological polar surface area (TPSA) is 66.5 Å². The zero-order valence-electron chi connectivity index (χ0n) is 8.33. The van der Waals surface area contributed by atoms with Crippen LogP contribution in [0.3, 0.4) is 0 Å². The lowest BCUT2D eigenvalue weighted by atomic mass is 9.88. The van der Waals surface area contributed by atoms with Gasteiger partial charge in [0.2, 0.25) is 0 Å². The number of benzene rings is 1. The number of halogens is 1. The first kappa shape index (κ1) is 10.2. The molecule has 0 aliphatic heterocycles. The first-order valence-corrected chi connectivity index (χ1v) is 5.04. The fourth-order valence-electron chi connectivity index (χ4n) is 2.21. The summed E-state index contributed by atoms with van der Waals surface area (Å²) >= 11 is 0. The molecule has 1 aliphatic rings. The molecular weight excluding hydrogens is 197 g/mol. The molecular formula is C11H14FNO2. The predicted octanol–water partition coefficient (Wildman–Crippen LogP) is 1.96. The van der Waals surface area contributed by atoms with E-state index in [2.05, 4.69) is 0 Å². The molecule has 0 radical (unpaired) electrons. The van der Waals surface area contributed by atoms with E-state index in [0.29, 0.717) is 18.4 Å². The Morgan fingerprint density at radius 1 is 1.20 bits per heavy atom. The van der Waals surface area contributed by atoms with Gasteiger partial charge in [0.15, 0.2) is 17.3 Å². The Morgan fingerprint density at radius 3 is 2.40 bits per heavy atom. The van der Waals surface area contributed by atoms with E-state index in [1.54, 1.807) is 0 Å². The molecule has 1 aromatic carbocycles. The van der Waals surface area contributed by atoms with E-state index >= 15 is 0 Å². The van der Waals surface area contributed by atoms with Crippen molar-refractivity contribution in [2.75, 3.05) is 0 Å². The van der Waals surface area contributed by atoms with Gasteiger partial charge in [-0.15, -0.1) is 0 Å². The van der Waals surface area contributed by atoms with Crippen LogP contribution in [0.5, 0.6) is 11.5 Å². The highest BCUT2D eigenvalue weighted by molar-refractivity contribution is 5.44. The second-order valence-corrected chi connectivity index (χ2v) is 4.16. The molecule has 4 N–H and O–H groups in total. The normalized spacial score (nSPS) is 19.3. The van der Waals surface area contributed by atoms with Crippen molar-refractivity contribution in [1.29, 1.82) is 0 Å². The summed E-state index contributed by atoms with van der Waals surface area (Å²) in [5, 5.41) is 18.4. The lowest BCUT2D eigenvalue weighted by Crippen LogP contribution is -2.34. The molecule has 4 heteroatoms. The molecule has 3 nitrogen and oxygen atoms in total. The van der Waals surface area contributed by atoms with Gasteiger partial charge in [-0.3, -0.25) is 0 Å². The average Bonchev–Trinajstić information content (AvgIpc) is 2.62. The van der Waals surface area contributed by atoms with Crippen molar-refractivity contribution >= 4 is 0 Å². The van der Waals surface area contributed by atoms with Crippen LogP contribution in [0.4, 0.5) is 4.39 Å². The monoisotopic (exact) mass is 211 g/mol. The summed E-state index contributed by atoms with van der Waals surface area (Å²) in [6.45, 7) is 0. The number of rotatable bonds is 1. The Morgan fingerprint density at radius 2 is 1.80 bits per heavy atom. The van der Waals surface area contributed by atoms with Crippen LogP contribution in [0.15, 0.2) is 12.1 Å². The van der Waals surface area contributed by atoms with Crippen LogP contribution in [0, 0.1) is 5.82 Å². The maximum absolute atomic E-state index is 13.7. The Bertz CT molecular complexity index is 386. The summed E-state index contributed by atoms with van der Waals surface area (Å²) in [6.07, 6.45) is 3.37. The highest BCUT2D eigenvalue weighted by atomic mass is 19.1. The van der Waals surface area contributed by atoms with E-state index in [0.717, 1.165) is 12.8 Å². The largest absolute Gasteiger partial charge is 0.504 e. The lowest BCUT2D eigenvalue weighted by Gasteiger charge is -2.24. The summed E-state index contributed by atoms with van der Waals surface area (Å²) in [5.74, 6) is -1.94. The van der Waals surface area contributed by atoms with Crippen molar-refractivity contribution in [3.05, 3.63) is 23.5 Å². The van der Waals surface area contributed by atoms with Crippen LogP contribution in [-0.4, -0.2) is 10.2 Å². The molecule has 0 heterocycles. The number of aromatic hydroxyl groups is 2. The van der Waals surface area contributed by atoms with Crippen LogP contribution in [-0.2, 0) is 5.54 Å². The number of hydrogen-bond acceptors (Lipinski definition) is 3. The third-order valence-electron chi connectivity index (χ3n) is 3.13. The van der Waals surface area contributed by atoms with Gasteiger partial charge < -0.3 is 15.9 Å². The predicted molar refractivity (Wildman–Crippen MR) is 54.1 cm³/mol. The van der Waals surface area contributed by atoms with Crippen LogP contribution in [0.2, 0.25) is 0 Å². The molecule has 1 aromatic rings. The summed E-state index contributed by atoms with van der Waals surface area (Å²) in [6, 6.07) is 2.73. The molecule has 0 saturated heterocycles. The molecule has 0 spiro atoms. The molecule has 0 unspecified atom stereocenters. The maximum Gasteiger partial charge on any atom is 0.194 e. The average molecular weight is 211 g/mol. The van der Waals surface area contributed by atoms with Gasteiger partial charge in [0, 0.05) is 11.1 Å². The summed E-state index contributed by atoms with van der Waals surface area (Å²) in [5.41, 5.74) is 5.68. The van der Waals surface area contributed by atoms with Crippen molar-refractivity contribution in [1.82, 2.24) is 0 Å². The minimum absolute atomic E-state index is 0.301. The highest BCUT2D eigenvalue weighted by Crippen LogP contribution is 2.41. The van der Waals surface area contributed by atoms with Crippen LogP contribution in [0.1, 0.15) is 31.2 Å². The van der Waals surface area contributed by atoms with E-state index in [1.807, 2.05) is 0 Å². The van der Waals surface area contributed by atoms with Gasteiger partial charge in [-0.05, 0) is 18.9 Å². The van der Waals surface area contributed by atoms with Gasteiger partial charge >= 0.3 is 0 Å². The van der Waals surface area contributed by atoms with Crippen LogP contribution < -0.4 is 5.73 Å². The molecule has 1 aliphatic carbocycles. The van der Waals surface area contributed by atoms with E-state index in [9.17, 15) is 9.50 Å². The van der Waals surface area contributed by atoms with E-state index in [-0.39, 0.29) is 0 Å². The van der Waals surface area contributed by atoms with Gasteiger partial charge in [0.25, 0.3) is 0 Å². The van der Waals surface area contributed by atoms with Crippen molar-refractivity contribution in [2.45, 2.75) is 31.2 Å². The Kier molecular flexibility index (Phi) is 2.31. The zero-order valence-corrected chi connectivity index (χ0v) is 8.33. The fraction of sp³-hybridized carbons (Fsp3) is 0.455. The molecule has 0 aromatic heterocycles. The van der Waals surface area contributed by atoms with Gasteiger partial charge in [-0.2, -0.15) is 0 Å². The highest BCUT2D eigenvalue weighted by Gasteiger charge is 2.34. The Balaban J connectivity index is 2.49. The first-order valence-electron chi connectivity index (χ1n) is 5.04. The molecule has 2 rings (SSSR count). The standard InChI is InChI=1S/C11H14FNO2/c12-9-7(3-4-8(14)10(9)15)11(13)5-1-2-6-11/h3-4,14-15H,1-2,5-6,13H2. The van der Waals surface area contributed by atoms with Crippen molar-refractivity contribution < 1.29 is 14.6 Å². The second-order valence-electron chi connectivity index (χ2n) is 4.16. The van der Waals surface area contributed by atoms with E-state index < -0.39 is 22.9 Å². The number of nitrogens with two attached hydrogens (primary N) is 1. The third-order valence-corrected chi connectivity index (χ3v) is 3.13. The lowest BCUT2D eigenvalue weighted by molar-refractivity contribution is 0.362. The SMILES string of the molecule is NC1(c2ccc(O)c(O)c2F)CCCC1. The van der Waals surface area contributed by atoms with E-state index in [1.165, 1.54) is 12.1 Å². The zero-order chi connectivity index (χ0) is 11.1. The van der Waals surface area contributed by atoms with Gasteiger partial charge in [0.1, 0.15) is 0 Å². The first-order chi connectivity index (χ1) is 7.04. The van der Waals surface area contributed by atoms with Gasteiger partial charge in [-0.25, -0.2) is 4.39 Å². The molecule has 0 bridgehead atoms. The minimum atomic E-state index is -0.792. The third kappa shape index (κ3) is 1.55. The Labute approximate surface area is 87.3 Å². The molecule has 1 saturated carbocycles. The molecule has 15 heavy (non-hydrogen) atoms. The Hall–Kier alpha value is -1.29. The summed E-state index contributed by atoms with van der Waals surface area (Å²) in [4.78, 5) is 0. The van der Waals surface area contributed by atoms with Crippen LogP contribution in [0.25, 0.3) is 0 Å². The second kappa shape index (κ2) is 3.38. The van der Waals surface area contributed by atoms with Crippen molar-refractivity contribution in [3.8, 4) is 11.5 Å². The van der Waals surface area contributed by atoms with Crippen molar-refractivity contribution in [2.24, 2.45) is 5.73 Å². The maximum atomic E-state index is 13.7. The number of hydrogen-bond donors (Lipinski definition) is 3. The number of phenols is 2. The molecule has 82 valence electrons. The molecule has 1 fully saturated rings. The summed E-state index contributed by atoms with van der Waals surface area (Å²) in [7, 11) is 0. The molecule has 0 atom stereocenters. The van der Waals surface area contributed by atoms with Gasteiger partial charge in [-0.1, -0.05) is 18.9 Å². The minimum Gasteiger partial charge on any atom is -0.504 e. The molecule has 0 amide bonds. The van der Waals surface area contributed by atoms with E-state index in [4.69, 9.17) is 10.8 Å². The van der Waals surface area contributed by atoms with Gasteiger partial charge in [0.05, 0.1) is 0 Å². The van der Waals surface area contributed by atoms with Crippen LogP contribution >= 0.6 is 0 Å². The smallest absolute Gasteiger partial charge is 0.194 e. The quantitative estimate of drug-likeness (QED) is 0.622. The number of phenolic OH excluding ortho intramolecular Hbond substituents is 2. The summed E-state index contributed by atoms with van der Waals surface area (Å²) < 4.78 is 13.7. The van der Waals surface area contributed by atoms with Crippen molar-refractivity contribution in [3.63, 3.8) is 0 Å². The fourth-order valence-corrected chi connectivity index (χ4v) is 2.21.